The van der Waals surface area contributed by atoms with Gasteiger partial charge >= 0.3 is 0 Å². The van der Waals surface area contributed by atoms with Crippen LogP contribution in [0.1, 0.15) is 22.5 Å². The Morgan fingerprint density at radius 1 is 1.21 bits per heavy atom. The first-order valence-corrected chi connectivity index (χ1v) is 9.38. The van der Waals surface area contributed by atoms with Crippen molar-refractivity contribution < 1.29 is 4.79 Å². The summed E-state index contributed by atoms with van der Waals surface area (Å²) in [6.45, 7) is 3.67. The van der Waals surface area contributed by atoms with Crippen LogP contribution < -0.4 is 4.90 Å². The van der Waals surface area contributed by atoms with Gasteiger partial charge in [0, 0.05) is 35.3 Å². The molecular weight excluding hydrogens is 320 g/mol. The molecule has 6 heteroatoms. The molecule has 3 aliphatic heterocycles. The van der Waals surface area contributed by atoms with Gasteiger partial charge in [-0.25, -0.2) is 9.97 Å². The van der Waals surface area contributed by atoms with E-state index in [9.17, 15) is 4.79 Å². The van der Waals surface area contributed by atoms with Gasteiger partial charge in [0.1, 0.15) is 12.1 Å². The van der Waals surface area contributed by atoms with Crippen molar-refractivity contribution in [3.63, 3.8) is 0 Å². The molecule has 4 heterocycles. The number of hydrogen-bond acceptors (Lipinski definition) is 5. The van der Waals surface area contributed by atoms with Crippen molar-refractivity contribution in [1.82, 2.24) is 14.9 Å². The van der Waals surface area contributed by atoms with E-state index in [1.807, 2.05) is 43.5 Å². The van der Waals surface area contributed by atoms with Crippen LogP contribution in [0.4, 0.5) is 5.82 Å². The number of benzene rings is 1. The van der Waals surface area contributed by atoms with Crippen molar-refractivity contribution in [2.24, 2.45) is 0 Å². The second-order valence-corrected chi connectivity index (χ2v) is 7.29. The van der Waals surface area contributed by atoms with Crippen LogP contribution in [-0.4, -0.2) is 52.2 Å². The van der Waals surface area contributed by atoms with E-state index in [1.54, 1.807) is 18.1 Å². The van der Waals surface area contributed by atoms with Gasteiger partial charge in [-0.2, -0.15) is 0 Å². The van der Waals surface area contributed by atoms with Crippen LogP contribution in [0.25, 0.3) is 0 Å². The minimum atomic E-state index is 0.158. The van der Waals surface area contributed by atoms with Gasteiger partial charge in [-0.15, -0.1) is 11.8 Å². The van der Waals surface area contributed by atoms with E-state index >= 15 is 0 Å². The lowest BCUT2D eigenvalue weighted by atomic mass is 9.86. The van der Waals surface area contributed by atoms with Gasteiger partial charge < -0.3 is 9.80 Å². The van der Waals surface area contributed by atoms with Crippen LogP contribution in [-0.2, 0) is 0 Å². The van der Waals surface area contributed by atoms with Gasteiger partial charge in [-0.1, -0.05) is 6.07 Å². The third-order valence-electron chi connectivity index (χ3n) is 4.86. The number of piperidine rings is 1. The van der Waals surface area contributed by atoms with Crippen LogP contribution >= 0.6 is 11.8 Å². The van der Waals surface area contributed by atoms with Crippen LogP contribution in [0.15, 0.2) is 41.6 Å². The van der Waals surface area contributed by atoms with Gasteiger partial charge in [-0.05, 0) is 37.8 Å². The summed E-state index contributed by atoms with van der Waals surface area (Å²) in [5, 5.41) is 0. The molecule has 3 aliphatic rings. The Kier molecular flexibility index (Phi) is 3.92. The second-order valence-electron chi connectivity index (χ2n) is 6.41. The van der Waals surface area contributed by atoms with Crippen molar-refractivity contribution in [2.45, 2.75) is 30.3 Å². The van der Waals surface area contributed by atoms with Gasteiger partial charge in [0.2, 0.25) is 0 Å². The largest absolute Gasteiger partial charge is 0.352 e. The second kappa shape index (κ2) is 6.09. The van der Waals surface area contributed by atoms with Crippen molar-refractivity contribution in [1.29, 1.82) is 0 Å². The highest BCUT2D eigenvalue weighted by Gasteiger charge is 2.47. The first-order valence-electron chi connectivity index (χ1n) is 8.16. The molecule has 2 aromatic rings. The number of thioether (sulfide) groups is 1. The monoisotopic (exact) mass is 340 g/mol. The maximum absolute atomic E-state index is 12.9. The number of rotatable bonds is 3. The maximum atomic E-state index is 12.9. The minimum Gasteiger partial charge on any atom is -0.352 e. The van der Waals surface area contributed by atoms with E-state index in [0.29, 0.717) is 0 Å². The third kappa shape index (κ3) is 2.65. The Balaban J connectivity index is 1.49. The molecule has 0 radical (unpaired) electrons. The van der Waals surface area contributed by atoms with Crippen LogP contribution in [0.3, 0.4) is 0 Å². The average molecular weight is 340 g/mol. The van der Waals surface area contributed by atoms with Gasteiger partial charge in [-0.3, -0.25) is 4.79 Å². The van der Waals surface area contributed by atoms with Gasteiger partial charge in [0.05, 0.1) is 12.1 Å². The molecule has 0 spiro atoms. The molecule has 24 heavy (non-hydrogen) atoms. The van der Waals surface area contributed by atoms with Crippen molar-refractivity contribution in [2.75, 3.05) is 24.2 Å². The van der Waals surface area contributed by atoms with Gasteiger partial charge in [0.15, 0.2) is 0 Å². The predicted octanol–water partition coefficient (Wildman–Crippen LogP) is 2.61. The number of carbonyl (C=O) groups is 1. The summed E-state index contributed by atoms with van der Waals surface area (Å²) in [6, 6.07) is 10.5. The Morgan fingerprint density at radius 3 is 2.71 bits per heavy atom. The summed E-state index contributed by atoms with van der Waals surface area (Å²) >= 11 is 1.66. The highest BCUT2D eigenvalue weighted by atomic mass is 32.2. The van der Waals surface area contributed by atoms with E-state index in [2.05, 4.69) is 19.8 Å². The summed E-state index contributed by atoms with van der Waals surface area (Å²) < 4.78 is 0. The normalized spacial score (nSPS) is 22.2. The van der Waals surface area contributed by atoms with Crippen molar-refractivity contribution in [3.05, 3.63) is 47.9 Å². The standard InChI is InChI=1S/C18H20N4OS/c1-12-6-17(20-11-19-12)21-9-14-8-15(10-21)22(14)18(23)13-4-3-5-16(7-13)24-2/h3-7,11,14-15H,8-10H2,1-2H3. The predicted molar refractivity (Wildman–Crippen MR) is 95.6 cm³/mol. The molecule has 0 N–H and O–H groups in total. The lowest BCUT2D eigenvalue weighted by molar-refractivity contribution is 0.00573. The van der Waals surface area contributed by atoms with Gasteiger partial charge in [0.25, 0.3) is 5.91 Å². The number of amides is 1. The van der Waals surface area contributed by atoms with E-state index in [-0.39, 0.29) is 18.0 Å². The average Bonchev–Trinajstić information content (AvgIpc) is 2.61. The lowest BCUT2D eigenvalue weighted by Gasteiger charge is -2.56. The lowest BCUT2D eigenvalue weighted by Crippen LogP contribution is -2.70. The van der Waals surface area contributed by atoms with Crippen LogP contribution in [0.5, 0.6) is 0 Å². The molecule has 2 atom stereocenters. The molecule has 5 nitrogen and oxygen atoms in total. The Morgan fingerprint density at radius 2 is 2.00 bits per heavy atom. The number of aromatic nitrogens is 2. The Bertz CT molecular complexity index is 769. The molecule has 0 aliphatic carbocycles. The van der Waals surface area contributed by atoms with Crippen molar-refractivity contribution >= 4 is 23.5 Å². The molecule has 0 saturated carbocycles. The molecule has 1 aromatic carbocycles. The number of aryl methyl sites for hydroxylation is 1. The number of hydrogen-bond donors (Lipinski definition) is 0. The van der Waals surface area contributed by atoms with E-state index in [4.69, 9.17) is 0 Å². The zero-order valence-electron chi connectivity index (χ0n) is 13.8. The fourth-order valence-electron chi connectivity index (χ4n) is 3.65. The third-order valence-corrected chi connectivity index (χ3v) is 5.58. The number of anilines is 1. The molecule has 1 amide bonds. The highest BCUT2D eigenvalue weighted by molar-refractivity contribution is 7.98. The Labute approximate surface area is 146 Å². The molecular formula is C18H20N4OS. The van der Waals surface area contributed by atoms with Crippen molar-refractivity contribution in [3.8, 4) is 0 Å². The quantitative estimate of drug-likeness (QED) is 0.804. The van der Waals surface area contributed by atoms with E-state index in [0.717, 1.165) is 41.5 Å². The molecule has 3 saturated heterocycles. The SMILES string of the molecule is CSc1cccc(C(=O)N2C3CC2CN(c2cc(C)ncn2)C3)c1. The summed E-state index contributed by atoms with van der Waals surface area (Å²) in [4.78, 5) is 26.9. The fourth-order valence-corrected chi connectivity index (χ4v) is 4.11. The van der Waals surface area contributed by atoms with Crippen LogP contribution in [0, 0.1) is 6.92 Å². The van der Waals surface area contributed by atoms with E-state index in [1.165, 1.54) is 0 Å². The highest BCUT2D eigenvalue weighted by Crippen LogP contribution is 2.35. The van der Waals surface area contributed by atoms with E-state index < -0.39 is 0 Å². The summed E-state index contributed by atoms with van der Waals surface area (Å²) in [6.07, 6.45) is 4.74. The summed E-state index contributed by atoms with van der Waals surface area (Å²) in [5.74, 6) is 1.12. The summed E-state index contributed by atoms with van der Waals surface area (Å²) in [5.41, 5.74) is 1.77. The molecule has 5 rings (SSSR count). The fraction of sp³-hybridized carbons (Fsp3) is 0.389. The molecule has 1 aromatic heterocycles. The topological polar surface area (TPSA) is 49.3 Å². The minimum absolute atomic E-state index is 0.158. The first-order chi connectivity index (χ1) is 11.7. The first kappa shape index (κ1) is 15.4. The summed E-state index contributed by atoms with van der Waals surface area (Å²) in [7, 11) is 0. The smallest absolute Gasteiger partial charge is 0.254 e. The molecule has 3 fully saturated rings. The number of fused-ring (bicyclic) bond motifs is 2. The molecule has 2 bridgehead atoms. The number of carbonyl (C=O) groups excluding carboxylic acids is 1. The molecule has 124 valence electrons. The zero-order chi connectivity index (χ0) is 16.7. The van der Waals surface area contributed by atoms with Crippen LogP contribution in [0.2, 0.25) is 0 Å². The molecule has 2 unspecified atom stereocenters. The number of piperazine rings is 1. The maximum Gasteiger partial charge on any atom is 0.254 e. The Hall–Kier alpha value is -2.08. The zero-order valence-corrected chi connectivity index (χ0v) is 14.7. The number of nitrogens with zero attached hydrogens (tertiary/aromatic N) is 4.